The second kappa shape index (κ2) is 14.1. The molecule has 0 spiro atoms. The van der Waals surface area contributed by atoms with Crippen LogP contribution in [-0.2, 0) is 4.57 Å². The topological polar surface area (TPSA) is 154 Å². The van der Waals surface area contributed by atoms with Crippen molar-refractivity contribution in [2.24, 2.45) is 0 Å². The number of rotatable bonds is 10. The molecule has 0 saturated heterocycles. The second-order valence-corrected chi connectivity index (χ2v) is 9.24. The molecule has 14 heteroatoms. The van der Waals surface area contributed by atoms with E-state index in [1.54, 1.807) is 24.3 Å². The van der Waals surface area contributed by atoms with Crippen LogP contribution in [0.2, 0.25) is 0 Å². The van der Waals surface area contributed by atoms with E-state index in [2.05, 4.69) is 4.98 Å². The van der Waals surface area contributed by atoms with Crippen LogP contribution in [0.25, 0.3) is 22.2 Å². The minimum atomic E-state index is -5.15. The number of ketones is 1. The maximum Gasteiger partial charge on any atom is 1.00 e. The van der Waals surface area contributed by atoms with Crippen molar-refractivity contribution in [1.82, 2.24) is 4.98 Å². The van der Waals surface area contributed by atoms with Gasteiger partial charge in [-0.3, -0.25) is 4.79 Å². The van der Waals surface area contributed by atoms with Gasteiger partial charge >= 0.3 is 59.1 Å². The maximum atomic E-state index is 14.1. The molecule has 4 aromatic rings. The van der Waals surface area contributed by atoms with Crippen molar-refractivity contribution in [3.8, 4) is 40.0 Å². The number of carbonyl (C=O) groups excluding carboxylic acids is 1. The molecule has 0 aliphatic heterocycles. The Bertz CT molecular complexity index is 1540. The Morgan fingerprint density at radius 2 is 1.40 bits per heavy atom. The van der Waals surface area contributed by atoms with Gasteiger partial charge in [-0.05, 0) is 42.5 Å². The van der Waals surface area contributed by atoms with Crippen molar-refractivity contribution < 1.29 is 102 Å². The molecule has 40 heavy (non-hydrogen) atoms. The Morgan fingerprint density at radius 3 is 1.93 bits per heavy atom. The van der Waals surface area contributed by atoms with Gasteiger partial charge in [0.05, 0.1) is 63.4 Å². The molecule has 0 atom stereocenters. The number of aromatic nitrogens is 1. The van der Waals surface area contributed by atoms with Gasteiger partial charge < -0.3 is 48.1 Å². The van der Waals surface area contributed by atoms with E-state index in [0.717, 1.165) is 0 Å². The Balaban J connectivity index is 0.00000280. The smallest absolute Gasteiger partial charge is 0.795 e. The third kappa shape index (κ3) is 6.82. The van der Waals surface area contributed by atoms with Crippen LogP contribution in [0, 0.1) is 0 Å². The van der Waals surface area contributed by atoms with Crippen molar-refractivity contribution in [3.05, 3.63) is 59.7 Å². The zero-order valence-corrected chi connectivity index (χ0v) is 28.1. The Kier molecular flexibility index (Phi) is 12.0. The predicted octanol–water partition coefficient (Wildman–Crippen LogP) is -2.64. The number of carbonyl (C=O) groups is 1. The van der Waals surface area contributed by atoms with Crippen molar-refractivity contribution in [3.63, 3.8) is 0 Å². The van der Waals surface area contributed by atoms with E-state index in [9.17, 15) is 19.1 Å². The van der Waals surface area contributed by atoms with E-state index in [-0.39, 0.29) is 81.7 Å². The van der Waals surface area contributed by atoms with Gasteiger partial charge in [-0.1, -0.05) is 6.07 Å². The van der Waals surface area contributed by atoms with Crippen LogP contribution in [0.3, 0.4) is 0 Å². The summed E-state index contributed by atoms with van der Waals surface area (Å²) in [7, 11) is 2.03. The first-order valence-electron chi connectivity index (χ1n) is 11.2. The van der Waals surface area contributed by atoms with E-state index >= 15 is 0 Å². The van der Waals surface area contributed by atoms with Crippen LogP contribution in [0.15, 0.2) is 48.5 Å². The SMILES string of the molecule is COc1ccc(-c2[nH]c3cccc(OC)c3c2C(=O)c2cc(OC)c(OC)c(OC)c2)cc1NP(=O)([O-])[O-].[Na+].[Na+]. The molecule has 0 radical (unpaired) electrons. The maximum absolute atomic E-state index is 14.1. The first-order valence-corrected chi connectivity index (χ1v) is 12.7. The van der Waals surface area contributed by atoms with Crippen LogP contribution in [0.4, 0.5) is 5.69 Å². The molecule has 11 nitrogen and oxygen atoms in total. The summed E-state index contributed by atoms with van der Waals surface area (Å²) >= 11 is 0. The largest absolute Gasteiger partial charge is 1.00 e. The standard InChI is InChI=1S/C26H27N2O9P.2Na/c1-33-18-10-9-14(11-17(18)28-38(30,31)32)24-23(22-16(27-24)7-6-8-19(22)34-2)25(29)15-12-20(35-3)26(37-5)21(13-15)36-4;;/h6-13,27H,1-5H3,(H3,28,30,31,32);;/q;2*+1/p-2. The third-order valence-electron chi connectivity index (χ3n) is 5.91. The Hall–Kier alpha value is -2.18. The summed E-state index contributed by atoms with van der Waals surface area (Å²) in [5, 5.41) is 2.45. The zero-order valence-electron chi connectivity index (χ0n) is 23.2. The molecule has 1 aromatic heterocycles. The molecule has 0 saturated carbocycles. The van der Waals surface area contributed by atoms with Crippen molar-refractivity contribution in [2.75, 3.05) is 40.6 Å². The Labute approximate surface area is 275 Å². The van der Waals surface area contributed by atoms with Gasteiger partial charge in [-0.25, -0.2) is 0 Å². The number of hydrogen-bond donors (Lipinski definition) is 2. The summed E-state index contributed by atoms with van der Waals surface area (Å²) in [6.45, 7) is 0. The van der Waals surface area contributed by atoms with Crippen molar-refractivity contribution in [2.45, 2.75) is 0 Å². The van der Waals surface area contributed by atoms with E-state index in [4.69, 9.17) is 23.7 Å². The van der Waals surface area contributed by atoms with Gasteiger partial charge in [0.2, 0.25) is 5.75 Å². The van der Waals surface area contributed by atoms with Crippen molar-refractivity contribution >= 4 is 30.1 Å². The molecular formula is C26H25N2Na2O9P. The molecule has 0 amide bonds. The predicted molar refractivity (Wildman–Crippen MR) is 138 cm³/mol. The minimum Gasteiger partial charge on any atom is -0.795 e. The first-order chi connectivity index (χ1) is 18.1. The number of anilines is 1. The van der Waals surface area contributed by atoms with Gasteiger partial charge in [0.15, 0.2) is 17.3 Å². The Morgan fingerprint density at radius 1 is 0.800 bits per heavy atom. The summed E-state index contributed by atoms with van der Waals surface area (Å²) < 4.78 is 38.5. The van der Waals surface area contributed by atoms with Crippen LogP contribution in [0.5, 0.6) is 28.7 Å². The molecule has 0 unspecified atom stereocenters. The summed E-state index contributed by atoms with van der Waals surface area (Å²) in [4.78, 5) is 40.3. The molecule has 2 N–H and O–H groups in total. The number of nitrogens with one attached hydrogen (secondary N) is 2. The van der Waals surface area contributed by atoms with Gasteiger partial charge in [-0.15, -0.1) is 0 Å². The van der Waals surface area contributed by atoms with Gasteiger partial charge in [-0.2, -0.15) is 0 Å². The molecule has 1 heterocycles. The quantitative estimate of drug-likeness (QED) is 0.115. The number of H-pyrrole nitrogens is 1. The first kappa shape index (κ1) is 34.0. The average Bonchev–Trinajstić information content (AvgIpc) is 3.30. The molecule has 0 fully saturated rings. The summed E-state index contributed by atoms with van der Waals surface area (Å²) in [5.41, 5.74) is 1.78. The molecular weight excluding hydrogens is 561 g/mol. The molecule has 0 bridgehead atoms. The molecule has 3 aromatic carbocycles. The van der Waals surface area contributed by atoms with E-state index in [1.807, 2.05) is 5.09 Å². The van der Waals surface area contributed by atoms with Gasteiger partial charge in [0.25, 0.3) is 0 Å². The van der Waals surface area contributed by atoms with Crippen LogP contribution >= 0.6 is 7.75 Å². The summed E-state index contributed by atoms with van der Waals surface area (Å²) in [6.07, 6.45) is 0. The van der Waals surface area contributed by atoms with E-state index in [1.165, 1.54) is 59.8 Å². The summed E-state index contributed by atoms with van der Waals surface area (Å²) in [5.74, 6) is 1.08. The number of ether oxygens (including phenoxy) is 5. The fourth-order valence-corrected chi connectivity index (χ4v) is 4.75. The summed E-state index contributed by atoms with van der Waals surface area (Å²) in [6, 6.07) is 12.9. The molecule has 200 valence electrons. The minimum absolute atomic E-state index is 0. The normalized spacial score (nSPS) is 10.7. The number of benzene rings is 3. The fourth-order valence-electron chi connectivity index (χ4n) is 4.28. The van der Waals surface area contributed by atoms with Crippen molar-refractivity contribution in [1.29, 1.82) is 0 Å². The number of fused-ring (bicyclic) bond motifs is 1. The average molecular weight is 586 g/mol. The van der Waals surface area contributed by atoms with Crippen LogP contribution in [0.1, 0.15) is 15.9 Å². The fraction of sp³-hybridized carbons (Fsp3) is 0.192. The van der Waals surface area contributed by atoms with Crippen LogP contribution in [-0.4, -0.2) is 46.3 Å². The monoisotopic (exact) mass is 586 g/mol. The third-order valence-corrected chi connectivity index (χ3v) is 6.42. The second-order valence-electron chi connectivity index (χ2n) is 8.03. The molecule has 0 aliphatic rings. The van der Waals surface area contributed by atoms with E-state index < -0.39 is 13.5 Å². The zero-order chi connectivity index (χ0) is 27.6. The number of methoxy groups -OCH3 is 5. The number of aromatic amines is 1. The number of hydrogen-bond acceptors (Lipinski definition) is 9. The van der Waals surface area contributed by atoms with Crippen LogP contribution < -0.4 is 97.7 Å². The van der Waals surface area contributed by atoms with Gasteiger partial charge in [0, 0.05) is 18.9 Å². The van der Waals surface area contributed by atoms with Gasteiger partial charge in [0.1, 0.15) is 11.5 Å². The van der Waals surface area contributed by atoms with E-state index in [0.29, 0.717) is 45.2 Å². The molecule has 0 aliphatic carbocycles. The molecule has 4 rings (SSSR count).